The maximum atomic E-state index is 13.7. The highest BCUT2D eigenvalue weighted by Crippen LogP contribution is 2.23. The smallest absolute Gasteiger partial charge is 0.257 e. The van der Waals surface area contributed by atoms with Crippen molar-refractivity contribution in [1.82, 2.24) is 4.90 Å². The standard InChI is InChI=1S/C16H15FN2O/c17-15-4-2-1-3-14(15)16(20)19-8-7-11-5-6-13(18)9-12(11)10-19/h1-6,9H,7-8,10,18H2. The molecule has 0 aliphatic carbocycles. The summed E-state index contributed by atoms with van der Waals surface area (Å²) in [7, 11) is 0. The number of nitrogens with two attached hydrogens (primary N) is 1. The quantitative estimate of drug-likeness (QED) is 0.810. The van der Waals surface area contributed by atoms with Gasteiger partial charge in [0.25, 0.3) is 5.91 Å². The molecule has 2 aromatic rings. The number of fused-ring (bicyclic) bond motifs is 1. The Kier molecular flexibility index (Phi) is 3.14. The molecule has 0 atom stereocenters. The summed E-state index contributed by atoms with van der Waals surface area (Å²) in [6.45, 7) is 1.08. The maximum absolute atomic E-state index is 13.7. The molecule has 3 nitrogen and oxygen atoms in total. The lowest BCUT2D eigenvalue weighted by molar-refractivity contribution is 0.0730. The fourth-order valence-electron chi connectivity index (χ4n) is 2.56. The Morgan fingerprint density at radius 2 is 1.95 bits per heavy atom. The zero-order valence-corrected chi connectivity index (χ0v) is 11.0. The van der Waals surface area contributed by atoms with Gasteiger partial charge in [0.2, 0.25) is 0 Å². The van der Waals surface area contributed by atoms with Crippen molar-refractivity contribution < 1.29 is 9.18 Å². The van der Waals surface area contributed by atoms with E-state index >= 15 is 0 Å². The van der Waals surface area contributed by atoms with Crippen LogP contribution in [0.15, 0.2) is 42.5 Å². The van der Waals surface area contributed by atoms with Gasteiger partial charge in [-0.1, -0.05) is 18.2 Å². The van der Waals surface area contributed by atoms with E-state index in [1.807, 2.05) is 18.2 Å². The first-order valence-corrected chi connectivity index (χ1v) is 6.56. The van der Waals surface area contributed by atoms with Crippen LogP contribution in [-0.4, -0.2) is 17.4 Å². The number of nitrogens with zero attached hydrogens (tertiary/aromatic N) is 1. The van der Waals surface area contributed by atoms with Gasteiger partial charge in [-0.2, -0.15) is 0 Å². The molecule has 2 N–H and O–H groups in total. The van der Waals surface area contributed by atoms with Gasteiger partial charge in [-0.05, 0) is 41.8 Å². The van der Waals surface area contributed by atoms with Crippen LogP contribution >= 0.6 is 0 Å². The Morgan fingerprint density at radius 1 is 1.15 bits per heavy atom. The van der Waals surface area contributed by atoms with E-state index < -0.39 is 5.82 Å². The third-order valence-electron chi connectivity index (χ3n) is 3.63. The number of carbonyl (C=O) groups is 1. The Hall–Kier alpha value is -2.36. The van der Waals surface area contributed by atoms with Crippen molar-refractivity contribution in [3.8, 4) is 0 Å². The van der Waals surface area contributed by atoms with Crippen LogP contribution in [0.5, 0.6) is 0 Å². The molecule has 2 aromatic carbocycles. The minimum atomic E-state index is -0.476. The SMILES string of the molecule is Nc1ccc2c(c1)CN(C(=O)c1ccccc1F)CC2. The number of halogens is 1. The molecule has 1 aliphatic heterocycles. The van der Waals surface area contributed by atoms with Crippen LogP contribution in [0.1, 0.15) is 21.5 Å². The van der Waals surface area contributed by atoms with E-state index in [4.69, 9.17) is 5.73 Å². The van der Waals surface area contributed by atoms with Crippen LogP contribution in [0.2, 0.25) is 0 Å². The van der Waals surface area contributed by atoms with Gasteiger partial charge in [0.05, 0.1) is 5.56 Å². The zero-order chi connectivity index (χ0) is 14.1. The second-order valence-electron chi connectivity index (χ2n) is 4.98. The summed E-state index contributed by atoms with van der Waals surface area (Å²) >= 11 is 0. The molecular formula is C16H15FN2O. The van der Waals surface area contributed by atoms with Crippen molar-refractivity contribution >= 4 is 11.6 Å². The highest BCUT2D eigenvalue weighted by atomic mass is 19.1. The number of amides is 1. The molecule has 102 valence electrons. The molecule has 4 heteroatoms. The van der Waals surface area contributed by atoms with Crippen LogP contribution in [0.4, 0.5) is 10.1 Å². The molecule has 0 fully saturated rings. The van der Waals surface area contributed by atoms with E-state index in [0.29, 0.717) is 18.8 Å². The van der Waals surface area contributed by atoms with Crippen LogP contribution < -0.4 is 5.73 Å². The lowest BCUT2D eigenvalue weighted by atomic mass is 9.98. The van der Waals surface area contributed by atoms with Gasteiger partial charge in [-0.15, -0.1) is 0 Å². The van der Waals surface area contributed by atoms with Crippen molar-refractivity contribution in [1.29, 1.82) is 0 Å². The second-order valence-corrected chi connectivity index (χ2v) is 4.98. The average Bonchev–Trinajstić information content (AvgIpc) is 2.46. The number of carbonyl (C=O) groups excluding carboxylic acids is 1. The first-order chi connectivity index (χ1) is 9.65. The number of nitrogen functional groups attached to an aromatic ring is 1. The van der Waals surface area contributed by atoms with Gasteiger partial charge in [0.1, 0.15) is 5.82 Å². The molecule has 0 radical (unpaired) electrons. The summed E-state index contributed by atoms with van der Waals surface area (Å²) in [5.41, 5.74) is 8.83. The molecule has 3 rings (SSSR count). The van der Waals surface area contributed by atoms with Gasteiger partial charge < -0.3 is 10.6 Å². The normalized spacial score (nSPS) is 13.9. The molecule has 0 saturated heterocycles. The predicted octanol–water partition coefficient (Wildman–Crippen LogP) is 2.61. The number of rotatable bonds is 1. The fourth-order valence-corrected chi connectivity index (χ4v) is 2.56. The van der Waals surface area contributed by atoms with E-state index in [1.165, 1.54) is 17.7 Å². The van der Waals surface area contributed by atoms with E-state index in [0.717, 1.165) is 12.0 Å². The van der Waals surface area contributed by atoms with Crippen molar-refractivity contribution in [2.24, 2.45) is 0 Å². The van der Waals surface area contributed by atoms with Gasteiger partial charge in [-0.3, -0.25) is 4.79 Å². The Morgan fingerprint density at radius 3 is 2.75 bits per heavy atom. The van der Waals surface area contributed by atoms with Crippen molar-refractivity contribution in [2.45, 2.75) is 13.0 Å². The average molecular weight is 270 g/mol. The topological polar surface area (TPSA) is 46.3 Å². The molecule has 0 saturated carbocycles. The summed E-state index contributed by atoms with van der Waals surface area (Å²) in [5.74, 6) is -0.743. The van der Waals surface area contributed by atoms with Crippen LogP contribution in [-0.2, 0) is 13.0 Å². The summed E-state index contributed by atoms with van der Waals surface area (Å²) in [5, 5.41) is 0. The van der Waals surface area contributed by atoms with Gasteiger partial charge in [0.15, 0.2) is 0 Å². The minimum Gasteiger partial charge on any atom is -0.399 e. The predicted molar refractivity (Wildman–Crippen MR) is 75.7 cm³/mol. The molecule has 1 aliphatic rings. The number of anilines is 1. The second kappa shape index (κ2) is 4.96. The van der Waals surface area contributed by atoms with E-state index in [9.17, 15) is 9.18 Å². The van der Waals surface area contributed by atoms with E-state index in [2.05, 4.69) is 0 Å². The van der Waals surface area contributed by atoms with Crippen molar-refractivity contribution in [3.05, 3.63) is 65.0 Å². The third-order valence-corrected chi connectivity index (χ3v) is 3.63. The first-order valence-electron chi connectivity index (χ1n) is 6.56. The highest BCUT2D eigenvalue weighted by Gasteiger charge is 2.23. The van der Waals surface area contributed by atoms with Crippen molar-refractivity contribution in [3.63, 3.8) is 0 Å². The number of hydrogen-bond acceptors (Lipinski definition) is 2. The molecular weight excluding hydrogens is 255 g/mol. The van der Waals surface area contributed by atoms with E-state index in [1.54, 1.807) is 17.0 Å². The van der Waals surface area contributed by atoms with Crippen LogP contribution in [0.25, 0.3) is 0 Å². The Bertz CT molecular complexity index is 669. The lowest BCUT2D eigenvalue weighted by Crippen LogP contribution is -2.36. The summed E-state index contributed by atoms with van der Waals surface area (Å²) in [6, 6.07) is 11.8. The largest absolute Gasteiger partial charge is 0.399 e. The summed E-state index contributed by atoms with van der Waals surface area (Å²) < 4.78 is 13.7. The monoisotopic (exact) mass is 270 g/mol. The van der Waals surface area contributed by atoms with Crippen molar-refractivity contribution in [2.75, 3.05) is 12.3 Å². The fraction of sp³-hybridized carbons (Fsp3) is 0.188. The Labute approximate surface area is 116 Å². The number of benzene rings is 2. The summed E-state index contributed by atoms with van der Waals surface area (Å²) in [6.07, 6.45) is 0.774. The molecule has 0 unspecified atom stereocenters. The molecule has 0 aromatic heterocycles. The molecule has 0 spiro atoms. The molecule has 20 heavy (non-hydrogen) atoms. The first kappa shape index (κ1) is 12.7. The van der Waals surface area contributed by atoms with E-state index in [-0.39, 0.29) is 11.5 Å². The van der Waals surface area contributed by atoms with Gasteiger partial charge in [0, 0.05) is 18.8 Å². The molecule has 0 bridgehead atoms. The number of hydrogen-bond donors (Lipinski definition) is 1. The molecule has 1 amide bonds. The summed E-state index contributed by atoms with van der Waals surface area (Å²) in [4.78, 5) is 14.0. The van der Waals surface area contributed by atoms with Gasteiger partial charge >= 0.3 is 0 Å². The van der Waals surface area contributed by atoms with Crippen LogP contribution in [0, 0.1) is 5.82 Å². The Balaban J connectivity index is 1.87. The zero-order valence-electron chi connectivity index (χ0n) is 11.0. The molecule has 1 heterocycles. The third kappa shape index (κ3) is 2.25. The maximum Gasteiger partial charge on any atom is 0.257 e. The minimum absolute atomic E-state index is 0.125. The lowest BCUT2D eigenvalue weighted by Gasteiger charge is -2.29. The van der Waals surface area contributed by atoms with Gasteiger partial charge in [-0.25, -0.2) is 4.39 Å². The van der Waals surface area contributed by atoms with Crippen LogP contribution in [0.3, 0.4) is 0 Å². The highest BCUT2D eigenvalue weighted by molar-refractivity contribution is 5.94.